The van der Waals surface area contributed by atoms with Crippen LogP contribution in [-0.2, 0) is 6.42 Å². The van der Waals surface area contributed by atoms with Crippen molar-refractivity contribution in [3.05, 3.63) is 58.1 Å². The summed E-state index contributed by atoms with van der Waals surface area (Å²) in [5, 5.41) is 0. The minimum atomic E-state index is 0.118. The van der Waals surface area contributed by atoms with Crippen molar-refractivity contribution in [3.63, 3.8) is 0 Å². The van der Waals surface area contributed by atoms with Crippen LogP contribution in [0, 0.1) is 27.7 Å². The third-order valence-corrected chi connectivity index (χ3v) is 5.05. The summed E-state index contributed by atoms with van der Waals surface area (Å²) >= 11 is 0. The van der Waals surface area contributed by atoms with Crippen LogP contribution in [0.4, 0.5) is 16.2 Å². The molecule has 4 rings (SSSR count). The molecule has 3 nitrogen and oxygen atoms in total. The molecule has 2 aromatic rings. The molecular weight excluding hydrogens is 284 g/mol. The minimum absolute atomic E-state index is 0.118. The standard InChI is InChI=1S/C20H22N2O/c1-12-5-6-18-16(9-12)10-17-11-21(20(23)22(17)18)19-14(3)7-13(2)8-15(19)4/h5-9,17H,10-11H2,1-4H3. The Kier molecular flexibility index (Phi) is 3.02. The van der Waals surface area contributed by atoms with Crippen LogP contribution in [0.3, 0.4) is 0 Å². The monoisotopic (exact) mass is 306 g/mol. The Morgan fingerprint density at radius 3 is 2.35 bits per heavy atom. The third kappa shape index (κ3) is 2.07. The predicted molar refractivity (Wildman–Crippen MR) is 94.5 cm³/mol. The lowest BCUT2D eigenvalue weighted by Crippen LogP contribution is -2.33. The molecule has 0 spiro atoms. The predicted octanol–water partition coefficient (Wildman–Crippen LogP) is 4.29. The number of benzene rings is 2. The zero-order chi connectivity index (χ0) is 16.3. The van der Waals surface area contributed by atoms with Crippen molar-refractivity contribution in [2.75, 3.05) is 16.3 Å². The van der Waals surface area contributed by atoms with E-state index in [1.807, 2.05) is 9.80 Å². The molecule has 2 amide bonds. The number of hydrogen-bond acceptors (Lipinski definition) is 1. The van der Waals surface area contributed by atoms with Crippen LogP contribution in [0.15, 0.2) is 30.3 Å². The first kappa shape index (κ1) is 14.3. The second kappa shape index (κ2) is 4.85. The van der Waals surface area contributed by atoms with E-state index in [0.29, 0.717) is 0 Å². The molecule has 1 unspecified atom stereocenters. The molecule has 1 fully saturated rings. The van der Waals surface area contributed by atoms with Crippen LogP contribution in [0.2, 0.25) is 0 Å². The number of urea groups is 1. The Bertz CT molecular complexity index is 801. The molecule has 118 valence electrons. The van der Waals surface area contributed by atoms with Crippen molar-refractivity contribution < 1.29 is 4.79 Å². The quantitative estimate of drug-likeness (QED) is 0.771. The molecule has 0 saturated carbocycles. The van der Waals surface area contributed by atoms with Gasteiger partial charge in [0.25, 0.3) is 0 Å². The van der Waals surface area contributed by atoms with Crippen LogP contribution in [0.5, 0.6) is 0 Å². The van der Waals surface area contributed by atoms with Gasteiger partial charge in [-0.1, -0.05) is 35.4 Å². The summed E-state index contributed by atoms with van der Waals surface area (Å²) in [6.07, 6.45) is 0.962. The number of hydrogen-bond donors (Lipinski definition) is 0. The molecule has 2 aliphatic heterocycles. The van der Waals surface area contributed by atoms with Crippen molar-refractivity contribution in [2.45, 2.75) is 40.2 Å². The molecule has 2 heterocycles. The van der Waals surface area contributed by atoms with Crippen molar-refractivity contribution >= 4 is 17.4 Å². The van der Waals surface area contributed by atoms with Gasteiger partial charge in [-0.2, -0.15) is 0 Å². The first-order chi connectivity index (χ1) is 11.0. The number of nitrogens with zero attached hydrogens (tertiary/aromatic N) is 2. The Labute approximate surface area is 137 Å². The highest BCUT2D eigenvalue weighted by Crippen LogP contribution is 2.40. The summed E-state index contributed by atoms with van der Waals surface area (Å²) in [4.78, 5) is 17.0. The highest BCUT2D eigenvalue weighted by atomic mass is 16.2. The summed E-state index contributed by atoms with van der Waals surface area (Å²) in [6.45, 7) is 9.19. The van der Waals surface area contributed by atoms with Crippen molar-refractivity contribution in [3.8, 4) is 0 Å². The van der Waals surface area contributed by atoms with E-state index in [1.165, 1.54) is 27.8 Å². The lowest BCUT2D eigenvalue weighted by Gasteiger charge is -2.23. The molecule has 1 saturated heterocycles. The number of carbonyl (C=O) groups is 1. The Hall–Kier alpha value is -2.29. The van der Waals surface area contributed by atoms with Gasteiger partial charge in [-0.15, -0.1) is 0 Å². The van der Waals surface area contributed by atoms with E-state index in [1.54, 1.807) is 0 Å². The van der Waals surface area contributed by atoms with Gasteiger partial charge in [-0.05, 0) is 56.9 Å². The van der Waals surface area contributed by atoms with E-state index in [2.05, 4.69) is 58.0 Å². The number of fused-ring (bicyclic) bond motifs is 3. The molecule has 0 radical (unpaired) electrons. The molecule has 2 aromatic carbocycles. The van der Waals surface area contributed by atoms with E-state index in [0.717, 1.165) is 24.3 Å². The number of aryl methyl sites for hydroxylation is 4. The second-order valence-corrected chi connectivity index (χ2v) is 7.00. The molecule has 23 heavy (non-hydrogen) atoms. The van der Waals surface area contributed by atoms with E-state index >= 15 is 0 Å². The van der Waals surface area contributed by atoms with Crippen LogP contribution in [0.25, 0.3) is 0 Å². The van der Waals surface area contributed by atoms with E-state index in [-0.39, 0.29) is 12.1 Å². The van der Waals surface area contributed by atoms with Gasteiger partial charge < -0.3 is 0 Å². The first-order valence-corrected chi connectivity index (χ1v) is 8.24. The fourth-order valence-corrected chi connectivity index (χ4v) is 4.26. The zero-order valence-corrected chi connectivity index (χ0v) is 14.2. The van der Waals surface area contributed by atoms with Crippen molar-refractivity contribution in [1.29, 1.82) is 0 Å². The average Bonchev–Trinajstić information content (AvgIpc) is 2.95. The summed E-state index contributed by atoms with van der Waals surface area (Å²) in [5.74, 6) is 0. The van der Waals surface area contributed by atoms with E-state index in [9.17, 15) is 4.79 Å². The van der Waals surface area contributed by atoms with Gasteiger partial charge in [0, 0.05) is 12.2 Å². The van der Waals surface area contributed by atoms with Gasteiger partial charge >= 0.3 is 6.03 Å². The molecule has 3 heteroatoms. The van der Waals surface area contributed by atoms with Gasteiger partial charge in [-0.25, -0.2) is 4.79 Å². The van der Waals surface area contributed by atoms with Gasteiger partial charge in [0.15, 0.2) is 0 Å². The van der Waals surface area contributed by atoms with E-state index in [4.69, 9.17) is 0 Å². The normalized spacial score (nSPS) is 19.3. The summed E-state index contributed by atoms with van der Waals surface area (Å²) in [7, 11) is 0. The fraction of sp³-hybridized carbons (Fsp3) is 0.350. The largest absolute Gasteiger partial charge is 0.329 e. The van der Waals surface area contributed by atoms with Gasteiger partial charge in [0.05, 0.1) is 11.7 Å². The lowest BCUT2D eigenvalue weighted by molar-refractivity contribution is 0.255. The summed E-state index contributed by atoms with van der Waals surface area (Å²) in [6, 6.07) is 11.1. The fourth-order valence-electron chi connectivity index (χ4n) is 4.26. The smallest absolute Gasteiger partial charge is 0.291 e. The number of carbonyl (C=O) groups excluding carboxylic acids is 1. The van der Waals surface area contributed by atoms with Gasteiger partial charge in [0.1, 0.15) is 0 Å². The van der Waals surface area contributed by atoms with E-state index < -0.39 is 0 Å². The Morgan fingerprint density at radius 1 is 0.957 bits per heavy atom. The maximum absolute atomic E-state index is 13.1. The van der Waals surface area contributed by atoms with Gasteiger partial charge in [-0.3, -0.25) is 9.80 Å². The van der Waals surface area contributed by atoms with Crippen molar-refractivity contribution in [2.24, 2.45) is 0 Å². The van der Waals surface area contributed by atoms with Crippen molar-refractivity contribution in [1.82, 2.24) is 0 Å². The SMILES string of the molecule is Cc1cc(C)c(N2CC3Cc4cc(C)ccc4N3C2=O)c(C)c1. The maximum atomic E-state index is 13.1. The third-order valence-electron chi connectivity index (χ3n) is 5.05. The second-order valence-electron chi connectivity index (χ2n) is 7.00. The molecule has 0 N–H and O–H groups in total. The molecule has 2 aliphatic rings. The average molecular weight is 306 g/mol. The molecule has 0 bridgehead atoms. The Balaban J connectivity index is 1.74. The maximum Gasteiger partial charge on any atom is 0.329 e. The van der Waals surface area contributed by atoms with Crippen LogP contribution in [-0.4, -0.2) is 18.6 Å². The molecular formula is C20H22N2O. The van der Waals surface area contributed by atoms with Gasteiger partial charge in [0.2, 0.25) is 0 Å². The topological polar surface area (TPSA) is 23.6 Å². The first-order valence-electron chi connectivity index (χ1n) is 8.24. The highest BCUT2D eigenvalue weighted by Gasteiger charge is 2.44. The van der Waals surface area contributed by atoms with Crippen LogP contribution >= 0.6 is 0 Å². The highest BCUT2D eigenvalue weighted by molar-refractivity contribution is 6.09. The molecule has 1 atom stereocenters. The number of anilines is 2. The Morgan fingerprint density at radius 2 is 1.65 bits per heavy atom. The number of amides is 2. The van der Waals surface area contributed by atoms with Crippen LogP contribution < -0.4 is 9.80 Å². The zero-order valence-electron chi connectivity index (χ0n) is 14.2. The number of rotatable bonds is 1. The lowest BCUT2D eigenvalue weighted by atomic mass is 10.0. The minimum Gasteiger partial charge on any atom is -0.291 e. The summed E-state index contributed by atoms with van der Waals surface area (Å²) in [5.41, 5.74) is 8.36. The molecule has 0 aliphatic carbocycles. The summed E-state index contributed by atoms with van der Waals surface area (Å²) < 4.78 is 0. The molecule has 0 aromatic heterocycles. The van der Waals surface area contributed by atoms with Crippen LogP contribution in [0.1, 0.15) is 27.8 Å².